The predicted molar refractivity (Wildman–Crippen MR) is 87.1 cm³/mol. The summed E-state index contributed by atoms with van der Waals surface area (Å²) in [6.45, 7) is 0.511. The molecule has 0 bridgehead atoms. The molecule has 0 saturated heterocycles. The van der Waals surface area contributed by atoms with Gasteiger partial charge in [-0.05, 0) is 17.7 Å². The van der Waals surface area contributed by atoms with E-state index in [9.17, 15) is 5.11 Å². The van der Waals surface area contributed by atoms with Crippen molar-refractivity contribution in [3.8, 4) is 5.75 Å². The van der Waals surface area contributed by atoms with Gasteiger partial charge in [0.2, 0.25) is 0 Å². The number of aromatic nitrogens is 3. The third-order valence-corrected chi connectivity index (χ3v) is 3.57. The monoisotopic (exact) mass is 309 g/mol. The van der Waals surface area contributed by atoms with Crippen LogP contribution in [-0.2, 0) is 13.5 Å². The van der Waals surface area contributed by atoms with E-state index in [0.717, 1.165) is 17.1 Å². The quantitative estimate of drug-likeness (QED) is 0.760. The van der Waals surface area contributed by atoms with Gasteiger partial charge >= 0.3 is 0 Å². The first kappa shape index (κ1) is 15.2. The lowest BCUT2D eigenvalue weighted by Crippen LogP contribution is -2.06. The predicted octanol–water partition coefficient (Wildman–Crippen LogP) is 2.52. The Morgan fingerprint density at radius 3 is 2.39 bits per heavy atom. The van der Waals surface area contributed by atoms with Crippen LogP contribution in [0.15, 0.2) is 60.7 Å². The zero-order valence-electron chi connectivity index (χ0n) is 13.0. The van der Waals surface area contributed by atoms with Crippen molar-refractivity contribution in [2.75, 3.05) is 6.61 Å². The van der Waals surface area contributed by atoms with Gasteiger partial charge in [0, 0.05) is 13.5 Å². The standard InChI is InChI=1S/C18H19N3O2/c1-21-16(12-13-23-15-10-6-3-7-11-15)19-18(20-21)17(22)14-8-4-2-5-9-14/h2-11,17,22H,12-13H2,1H3. The molecule has 118 valence electrons. The van der Waals surface area contributed by atoms with Crippen LogP contribution < -0.4 is 4.74 Å². The third kappa shape index (κ3) is 3.76. The molecule has 3 rings (SSSR count). The summed E-state index contributed by atoms with van der Waals surface area (Å²) in [4.78, 5) is 4.44. The summed E-state index contributed by atoms with van der Waals surface area (Å²) in [5.74, 6) is 2.03. The molecule has 0 fully saturated rings. The van der Waals surface area contributed by atoms with Crippen molar-refractivity contribution in [3.63, 3.8) is 0 Å². The van der Waals surface area contributed by atoms with Gasteiger partial charge in [0.25, 0.3) is 0 Å². The topological polar surface area (TPSA) is 60.2 Å². The number of nitrogens with zero attached hydrogens (tertiary/aromatic N) is 3. The Balaban J connectivity index is 1.64. The van der Waals surface area contributed by atoms with Crippen LogP contribution in [0, 0.1) is 0 Å². The van der Waals surface area contributed by atoms with Gasteiger partial charge in [-0.3, -0.25) is 4.68 Å². The van der Waals surface area contributed by atoms with Crippen molar-refractivity contribution in [3.05, 3.63) is 77.9 Å². The van der Waals surface area contributed by atoms with Crippen LogP contribution in [0.1, 0.15) is 23.3 Å². The molecule has 1 heterocycles. The van der Waals surface area contributed by atoms with Gasteiger partial charge in [-0.25, -0.2) is 4.98 Å². The highest BCUT2D eigenvalue weighted by Gasteiger charge is 2.17. The molecule has 5 nitrogen and oxygen atoms in total. The molecule has 0 radical (unpaired) electrons. The Morgan fingerprint density at radius 2 is 1.70 bits per heavy atom. The number of aliphatic hydroxyl groups is 1. The van der Waals surface area contributed by atoms with Crippen LogP contribution in [0.4, 0.5) is 0 Å². The fourth-order valence-electron chi connectivity index (χ4n) is 2.33. The Morgan fingerprint density at radius 1 is 1.04 bits per heavy atom. The number of benzene rings is 2. The summed E-state index contributed by atoms with van der Waals surface area (Å²) in [5.41, 5.74) is 0.783. The van der Waals surface area contributed by atoms with Crippen molar-refractivity contribution < 1.29 is 9.84 Å². The first-order valence-corrected chi connectivity index (χ1v) is 7.54. The minimum absolute atomic E-state index is 0.411. The lowest BCUT2D eigenvalue weighted by molar-refractivity contribution is 0.209. The molecule has 0 aliphatic rings. The van der Waals surface area contributed by atoms with Crippen LogP contribution in [-0.4, -0.2) is 26.5 Å². The Hall–Kier alpha value is -2.66. The van der Waals surface area contributed by atoms with Crippen molar-refractivity contribution in [2.45, 2.75) is 12.5 Å². The molecule has 1 unspecified atom stereocenters. The highest BCUT2D eigenvalue weighted by Crippen LogP contribution is 2.18. The summed E-state index contributed by atoms with van der Waals surface area (Å²) < 4.78 is 7.37. The van der Waals surface area contributed by atoms with Gasteiger partial charge in [0.15, 0.2) is 5.82 Å². The summed E-state index contributed by atoms with van der Waals surface area (Å²) in [6, 6.07) is 19.1. The number of aliphatic hydroxyl groups excluding tert-OH is 1. The van der Waals surface area contributed by atoms with Gasteiger partial charge < -0.3 is 9.84 Å². The molecule has 23 heavy (non-hydrogen) atoms. The highest BCUT2D eigenvalue weighted by atomic mass is 16.5. The summed E-state index contributed by atoms with van der Waals surface area (Å²) in [5, 5.41) is 14.7. The van der Waals surface area contributed by atoms with Crippen LogP contribution in [0.5, 0.6) is 5.75 Å². The maximum atomic E-state index is 10.4. The number of aryl methyl sites for hydroxylation is 1. The molecule has 1 N–H and O–H groups in total. The van der Waals surface area contributed by atoms with E-state index in [1.165, 1.54) is 0 Å². The first-order chi connectivity index (χ1) is 11.2. The Bertz CT molecular complexity index is 741. The molecule has 0 spiro atoms. The van der Waals surface area contributed by atoms with E-state index in [2.05, 4.69) is 10.1 Å². The maximum absolute atomic E-state index is 10.4. The normalized spacial score (nSPS) is 12.1. The Kier molecular flexibility index (Phi) is 4.68. The molecule has 5 heteroatoms. The molecule has 2 aromatic carbocycles. The highest BCUT2D eigenvalue weighted by molar-refractivity contribution is 5.23. The van der Waals surface area contributed by atoms with Gasteiger partial charge in [0.1, 0.15) is 17.7 Å². The molecular weight excluding hydrogens is 290 g/mol. The largest absolute Gasteiger partial charge is 0.493 e. The number of hydrogen-bond donors (Lipinski definition) is 1. The third-order valence-electron chi connectivity index (χ3n) is 3.57. The molecule has 0 aliphatic heterocycles. The van der Waals surface area contributed by atoms with Gasteiger partial charge in [0.05, 0.1) is 6.61 Å². The summed E-state index contributed by atoms with van der Waals surface area (Å²) in [6.07, 6.45) is -0.189. The summed E-state index contributed by atoms with van der Waals surface area (Å²) in [7, 11) is 1.83. The Labute approximate surface area is 135 Å². The lowest BCUT2D eigenvalue weighted by atomic mass is 10.1. The van der Waals surface area contributed by atoms with Crippen molar-refractivity contribution >= 4 is 0 Å². The van der Waals surface area contributed by atoms with E-state index in [1.807, 2.05) is 67.7 Å². The molecular formula is C18H19N3O2. The van der Waals surface area contributed by atoms with Crippen molar-refractivity contribution in [1.29, 1.82) is 0 Å². The molecule has 0 amide bonds. The zero-order valence-corrected chi connectivity index (χ0v) is 13.0. The molecule has 1 atom stereocenters. The van der Waals surface area contributed by atoms with E-state index >= 15 is 0 Å². The molecule has 0 aliphatic carbocycles. The van der Waals surface area contributed by atoms with Gasteiger partial charge in [-0.1, -0.05) is 48.5 Å². The lowest BCUT2D eigenvalue weighted by Gasteiger charge is -2.05. The zero-order chi connectivity index (χ0) is 16.1. The fraction of sp³-hybridized carbons (Fsp3) is 0.222. The number of ether oxygens (including phenoxy) is 1. The minimum Gasteiger partial charge on any atom is -0.493 e. The molecule has 1 aromatic heterocycles. The van der Waals surface area contributed by atoms with Crippen molar-refractivity contribution in [1.82, 2.24) is 14.8 Å². The second-order valence-electron chi connectivity index (χ2n) is 5.23. The van der Waals surface area contributed by atoms with E-state index < -0.39 is 6.10 Å². The van der Waals surface area contributed by atoms with Gasteiger partial charge in [-0.15, -0.1) is 0 Å². The van der Waals surface area contributed by atoms with E-state index in [-0.39, 0.29) is 0 Å². The number of rotatable bonds is 6. The second-order valence-corrected chi connectivity index (χ2v) is 5.23. The van der Waals surface area contributed by atoms with E-state index in [0.29, 0.717) is 18.9 Å². The SMILES string of the molecule is Cn1nc(C(O)c2ccccc2)nc1CCOc1ccccc1. The van der Waals surface area contributed by atoms with Crippen LogP contribution in [0.3, 0.4) is 0 Å². The van der Waals surface area contributed by atoms with Gasteiger partial charge in [-0.2, -0.15) is 5.10 Å². The van der Waals surface area contributed by atoms with Crippen LogP contribution in [0.2, 0.25) is 0 Å². The summed E-state index contributed by atoms with van der Waals surface area (Å²) >= 11 is 0. The molecule has 3 aromatic rings. The van der Waals surface area contributed by atoms with E-state index in [1.54, 1.807) is 4.68 Å². The average Bonchev–Trinajstić information content (AvgIpc) is 2.97. The first-order valence-electron chi connectivity index (χ1n) is 7.54. The second kappa shape index (κ2) is 7.07. The van der Waals surface area contributed by atoms with Crippen LogP contribution in [0.25, 0.3) is 0 Å². The van der Waals surface area contributed by atoms with Crippen LogP contribution >= 0.6 is 0 Å². The maximum Gasteiger partial charge on any atom is 0.183 e. The number of hydrogen-bond acceptors (Lipinski definition) is 4. The van der Waals surface area contributed by atoms with E-state index in [4.69, 9.17) is 4.74 Å². The smallest absolute Gasteiger partial charge is 0.183 e. The number of para-hydroxylation sites is 1. The average molecular weight is 309 g/mol. The minimum atomic E-state index is -0.814. The molecule has 0 saturated carbocycles. The van der Waals surface area contributed by atoms with Crippen molar-refractivity contribution in [2.24, 2.45) is 7.05 Å². The fourth-order valence-corrected chi connectivity index (χ4v) is 2.33.